The molecule has 1 aliphatic heterocycles. The fraction of sp³-hybridized carbons (Fsp3) is 0.278. The second kappa shape index (κ2) is 6.49. The van der Waals surface area contributed by atoms with Gasteiger partial charge in [0.1, 0.15) is 0 Å². The number of para-hydroxylation sites is 1. The second-order valence-electron chi connectivity index (χ2n) is 5.21. The Bertz CT molecular complexity index is 505. The molecule has 20 heavy (non-hydrogen) atoms. The van der Waals surface area contributed by atoms with Gasteiger partial charge in [-0.15, -0.1) is 0 Å². The van der Waals surface area contributed by atoms with Gasteiger partial charge in [-0.25, -0.2) is 0 Å². The highest BCUT2D eigenvalue weighted by Gasteiger charge is 2.33. The first-order valence-electron chi connectivity index (χ1n) is 7.25. The molecule has 2 atom stereocenters. The van der Waals surface area contributed by atoms with Gasteiger partial charge >= 0.3 is 0 Å². The number of hydrogen-bond acceptors (Lipinski definition) is 2. The van der Waals surface area contributed by atoms with Crippen LogP contribution in [0.25, 0.3) is 0 Å². The maximum atomic E-state index is 5.56. The van der Waals surface area contributed by atoms with Crippen molar-refractivity contribution in [2.24, 2.45) is 5.92 Å². The number of anilines is 1. The smallest absolute Gasteiger partial charge is 0.232 e. The van der Waals surface area contributed by atoms with E-state index in [0.29, 0.717) is 5.92 Å². The van der Waals surface area contributed by atoms with Crippen molar-refractivity contribution in [3.05, 3.63) is 72.8 Å². The summed E-state index contributed by atoms with van der Waals surface area (Å²) in [5.41, 5.74) is 2.46. The zero-order valence-corrected chi connectivity index (χ0v) is 11.5. The highest BCUT2D eigenvalue weighted by Crippen LogP contribution is 2.33. The van der Waals surface area contributed by atoms with E-state index in [-0.39, 0.29) is 6.04 Å². The Kier molecular flexibility index (Phi) is 4.24. The molecule has 1 fully saturated rings. The first-order chi connectivity index (χ1) is 9.93. The minimum absolute atomic E-state index is 0.263. The van der Waals surface area contributed by atoms with E-state index in [0.717, 1.165) is 18.7 Å². The van der Waals surface area contributed by atoms with Crippen LogP contribution in [-0.4, -0.2) is 6.61 Å². The largest absolute Gasteiger partial charge is 0.374 e. The van der Waals surface area contributed by atoms with Gasteiger partial charge in [-0.3, -0.25) is 0 Å². The van der Waals surface area contributed by atoms with E-state index in [1.165, 1.54) is 12.0 Å². The summed E-state index contributed by atoms with van der Waals surface area (Å²) in [5.74, 6) is 0.409. The lowest BCUT2D eigenvalue weighted by Crippen LogP contribution is -2.25. The van der Waals surface area contributed by atoms with E-state index in [9.17, 15) is 0 Å². The Labute approximate surface area is 120 Å². The normalized spacial score (nSPS) is 19.9. The molecule has 1 N–H and O–H groups in total. The van der Waals surface area contributed by atoms with Crippen LogP contribution in [0.3, 0.4) is 0 Å². The summed E-state index contributed by atoms with van der Waals surface area (Å²) in [6.45, 7) is 2.86. The third kappa shape index (κ3) is 3.14. The average molecular weight is 266 g/mol. The van der Waals surface area contributed by atoms with Crippen LogP contribution in [0.1, 0.15) is 24.4 Å². The molecule has 2 aromatic carbocycles. The van der Waals surface area contributed by atoms with E-state index < -0.39 is 0 Å². The van der Waals surface area contributed by atoms with E-state index >= 15 is 0 Å². The summed E-state index contributed by atoms with van der Waals surface area (Å²) >= 11 is 0. The zero-order valence-electron chi connectivity index (χ0n) is 11.5. The first kappa shape index (κ1) is 13.1. The van der Waals surface area contributed by atoms with Crippen LogP contribution in [0.2, 0.25) is 0 Å². The van der Waals surface area contributed by atoms with E-state index in [1.54, 1.807) is 0 Å². The second-order valence-corrected chi connectivity index (χ2v) is 5.21. The van der Waals surface area contributed by atoms with Crippen molar-refractivity contribution in [2.75, 3.05) is 11.9 Å². The monoisotopic (exact) mass is 266 g/mol. The van der Waals surface area contributed by atoms with Gasteiger partial charge in [-0.2, -0.15) is 4.74 Å². The molecule has 0 saturated carbocycles. The third-order valence-corrected chi connectivity index (χ3v) is 3.75. The zero-order chi connectivity index (χ0) is 13.6. The Morgan fingerprint density at radius 1 is 1.00 bits per heavy atom. The molecule has 0 spiro atoms. The maximum absolute atomic E-state index is 5.56. The molecule has 1 aliphatic rings. The molecule has 0 aliphatic carbocycles. The summed E-state index contributed by atoms with van der Waals surface area (Å²) in [5, 5.41) is 3.65. The average Bonchev–Trinajstić information content (AvgIpc) is 2.55. The van der Waals surface area contributed by atoms with Crippen LogP contribution in [-0.2, 0) is 4.74 Å². The standard InChI is InChI=1S/C18H20NO/c1-3-8-15(9-4-1)18(16-10-7-13-20-14-16)19-17-11-5-2-6-12-17/h1-6,8-9,11-12,14,16,18-19H,7,10,13H2/q+1. The van der Waals surface area contributed by atoms with Gasteiger partial charge in [0.15, 0.2) is 5.92 Å². The molecule has 0 aromatic heterocycles. The molecular formula is C18H20NO+. The van der Waals surface area contributed by atoms with Crippen molar-refractivity contribution in [3.63, 3.8) is 0 Å². The van der Waals surface area contributed by atoms with Gasteiger partial charge in [0.25, 0.3) is 0 Å². The van der Waals surface area contributed by atoms with Crippen molar-refractivity contribution in [1.29, 1.82) is 0 Å². The lowest BCUT2D eigenvalue weighted by molar-refractivity contribution is 0.108. The minimum Gasteiger partial charge on any atom is -0.374 e. The lowest BCUT2D eigenvalue weighted by Gasteiger charge is -2.25. The molecule has 2 unspecified atom stereocenters. The maximum Gasteiger partial charge on any atom is 0.232 e. The number of ether oxygens (including phenoxy) is 1. The molecule has 1 saturated heterocycles. The summed E-state index contributed by atoms with van der Waals surface area (Å²) in [7, 11) is 0. The quantitative estimate of drug-likeness (QED) is 0.827. The van der Waals surface area contributed by atoms with Crippen molar-refractivity contribution < 1.29 is 4.74 Å². The summed E-state index contributed by atoms with van der Waals surface area (Å²) in [6, 6.07) is 21.3. The Morgan fingerprint density at radius 2 is 1.70 bits per heavy atom. The molecule has 1 heterocycles. The number of nitrogens with one attached hydrogen (secondary N) is 1. The van der Waals surface area contributed by atoms with Crippen LogP contribution in [0, 0.1) is 12.5 Å². The fourth-order valence-corrected chi connectivity index (χ4v) is 2.72. The lowest BCUT2D eigenvalue weighted by atomic mass is 9.88. The molecule has 2 nitrogen and oxygen atoms in total. The molecule has 0 amide bonds. The Balaban J connectivity index is 1.83. The molecule has 2 aromatic rings. The van der Waals surface area contributed by atoms with Crippen molar-refractivity contribution >= 4 is 5.69 Å². The van der Waals surface area contributed by atoms with Crippen molar-refractivity contribution in [1.82, 2.24) is 0 Å². The Morgan fingerprint density at radius 3 is 2.35 bits per heavy atom. The van der Waals surface area contributed by atoms with Crippen LogP contribution >= 0.6 is 0 Å². The van der Waals surface area contributed by atoms with Crippen LogP contribution in [0.4, 0.5) is 5.69 Å². The van der Waals surface area contributed by atoms with Gasteiger partial charge < -0.3 is 5.32 Å². The number of rotatable bonds is 4. The SMILES string of the molecule is c1ccc(NC(c2ccccc2)C2[CH+]OCCC2)cc1. The van der Waals surface area contributed by atoms with Gasteiger partial charge in [-0.1, -0.05) is 48.5 Å². The van der Waals surface area contributed by atoms with Crippen LogP contribution < -0.4 is 5.32 Å². The third-order valence-electron chi connectivity index (χ3n) is 3.75. The molecule has 102 valence electrons. The topological polar surface area (TPSA) is 21.3 Å². The van der Waals surface area contributed by atoms with E-state index in [1.807, 2.05) is 12.7 Å². The summed E-state index contributed by atoms with van der Waals surface area (Å²) < 4.78 is 5.56. The highest BCUT2D eigenvalue weighted by molar-refractivity contribution is 5.45. The predicted molar refractivity (Wildman–Crippen MR) is 82.2 cm³/mol. The highest BCUT2D eigenvalue weighted by atomic mass is 16.5. The van der Waals surface area contributed by atoms with Crippen LogP contribution in [0.15, 0.2) is 60.7 Å². The van der Waals surface area contributed by atoms with Crippen molar-refractivity contribution in [3.8, 4) is 0 Å². The van der Waals surface area contributed by atoms with Gasteiger partial charge in [-0.05, 0) is 30.5 Å². The molecular weight excluding hydrogens is 246 g/mol. The fourth-order valence-electron chi connectivity index (χ4n) is 2.72. The number of benzene rings is 2. The predicted octanol–water partition coefficient (Wildman–Crippen LogP) is 4.43. The van der Waals surface area contributed by atoms with Crippen molar-refractivity contribution in [2.45, 2.75) is 18.9 Å². The van der Waals surface area contributed by atoms with Gasteiger partial charge in [0.05, 0.1) is 12.6 Å². The molecule has 3 rings (SSSR count). The van der Waals surface area contributed by atoms with Gasteiger partial charge in [0, 0.05) is 5.69 Å². The first-order valence-corrected chi connectivity index (χ1v) is 7.25. The van der Waals surface area contributed by atoms with Gasteiger partial charge in [0.2, 0.25) is 6.61 Å². The molecule has 0 radical (unpaired) electrons. The number of hydrogen-bond donors (Lipinski definition) is 1. The molecule has 0 bridgehead atoms. The summed E-state index contributed by atoms with van der Waals surface area (Å²) in [6.07, 6.45) is 2.29. The van der Waals surface area contributed by atoms with Crippen LogP contribution in [0.5, 0.6) is 0 Å². The Hall–Kier alpha value is -1.93. The van der Waals surface area contributed by atoms with E-state index in [4.69, 9.17) is 4.74 Å². The minimum atomic E-state index is 0.263. The molecule has 2 heteroatoms. The summed E-state index contributed by atoms with van der Waals surface area (Å²) in [4.78, 5) is 0. The van der Waals surface area contributed by atoms with E-state index in [2.05, 4.69) is 59.9 Å².